The van der Waals surface area contributed by atoms with E-state index in [0.29, 0.717) is 24.4 Å². The number of nitrogens with one attached hydrogen (secondary N) is 1. The number of aryl methyl sites for hydroxylation is 1. The molecule has 0 radical (unpaired) electrons. The lowest BCUT2D eigenvalue weighted by molar-refractivity contribution is -0.147. The highest BCUT2D eigenvalue weighted by atomic mass is 32.2. The second-order valence-corrected chi connectivity index (χ2v) is 9.80. The number of carbonyl (C=O) groups excluding carboxylic acids is 1. The van der Waals surface area contributed by atoms with Crippen molar-refractivity contribution in [2.75, 3.05) is 0 Å². The molecule has 0 fully saturated rings. The Morgan fingerprint density at radius 2 is 1.95 bits per heavy atom. The second kappa shape index (κ2) is 9.52. The predicted octanol–water partition coefficient (Wildman–Crippen LogP) is 3.51. The summed E-state index contributed by atoms with van der Waals surface area (Å²) in [7, 11) is -4.57. The highest BCUT2D eigenvalue weighted by molar-refractivity contribution is 7.89. The fourth-order valence-corrected chi connectivity index (χ4v) is 4.98. The van der Waals surface area contributed by atoms with E-state index in [4.69, 9.17) is 5.73 Å². The fourth-order valence-electron chi connectivity index (χ4n) is 3.81. The number of carbonyl (C=O) groups is 1. The van der Waals surface area contributed by atoms with Crippen LogP contribution >= 0.6 is 0 Å². The molecule has 0 bridgehead atoms. The van der Waals surface area contributed by atoms with Gasteiger partial charge in [0.25, 0.3) is 5.91 Å². The van der Waals surface area contributed by atoms with Gasteiger partial charge >= 0.3 is 6.18 Å². The summed E-state index contributed by atoms with van der Waals surface area (Å²) in [6, 6.07) is 5.79. The molecule has 14 heteroatoms. The lowest BCUT2D eigenvalue weighted by Crippen LogP contribution is -2.42. The van der Waals surface area contributed by atoms with Crippen molar-refractivity contribution < 1.29 is 30.8 Å². The van der Waals surface area contributed by atoms with Gasteiger partial charge in [0.05, 0.1) is 22.5 Å². The zero-order valence-corrected chi connectivity index (χ0v) is 20.2. The van der Waals surface area contributed by atoms with E-state index in [0.717, 1.165) is 12.3 Å². The number of pyridine rings is 1. The van der Waals surface area contributed by atoms with Crippen LogP contribution in [0.5, 0.6) is 0 Å². The van der Waals surface area contributed by atoms with Crippen LogP contribution in [0.4, 0.5) is 17.6 Å². The molecular weight excluding hydrogens is 516 g/mol. The molecule has 0 spiro atoms. The number of sulfonamides is 1. The van der Waals surface area contributed by atoms with Crippen molar-refractivity contribution in [2.45, 2.75) is 37.4 Å². The summed E-state index contributed by atoms with van der Waals surface area (Å²) >= 11 is 0. The molecule has 4 rings (SSSR count). The Kier molecular flexibility index (Phi) is 6.73. The Balaban J connectivity index is 1.95. The van der Waals surface area contributed by atoms with Gasteiger partial charge in [-0.3, -0.25) is 14.3 Å². The largest absolute Gasteiger partial charge is 0.404 e. The van der Waals surface area contributed by atoms with Crippen LogP contribution in [0, 0.1) is 5.82 Å². The summed E-state index contributed by atoms with van der Waals surface area (Å²) in [5.74, 6) is -1.23. The smallest absolute Gasteiger partial charge is 0.366 e. The first-order valence-corrected chi connectivity index (χ1v) is 12.3. The Morgan fingerprint density at radius 3 is 2.49 bits per heavy atom. The molecule has 3 aromatic heterocycles. The van der Waals surface area contributed by atoms with Gasteiger partial charge in [-0.2, -0.15) is 23.0 Å². The van der Waals surface area contributed by atoms with Gasteiger partial charge in [0.2, 0.25) is 10.0 Å². The van der Waals surface area contributed by atoms with Crippen molar-refractivity contribution in [1.29, 1.82) is 0 Å². The van der Waals surface area contributed by atoms with Crippen LogP contribution in [-0.2, 0) is 16.4 Å². The van der Waals surface area contributed by atoms with E-state index < -0.39 is 38.9 Å². The molecule has 0 aliphatic rings. The van der Waals surface area contributed by atoms with Crippen LogP contribution in [-0.4, -0.2) is 46.3 Å². The maximum atomic E-state index is 14.7. The minimum atomic E-state index is -4.79. The Hall–Kier alpha value is -3.91. The van der Waals surface area contributed by atoms with Crippen molar-refractivity contribution in [3.05, 3.63) is 65.7 Å². The van der Waals surface area contributed by atoms with E-state index in [1.807, 2.05) is 0 Å². The minimum absolute atomic E-state index is 0.0388. The SMILES string of the molecule is CCc1cc2c(cc1F)c(C(N)=O)c(-c1ccc(S(=O)(=O)N[C@@H](C)C(F)(F)F)cn1)n2-c1cccnn1. The van der Waals surface area contributed by atoms with E-state index in [1.165, 1.54) is 29.0 Å². The molecule has 0 aliphatic carbocycles. The first-order valence-electron chi connectivity index (χ1n) is 10.8. The number of benzene rings is 1. The highest BCUT2D eigenvalue weighted by Crippen LogP contribution is 2.36. The molecule has 9 nitrogen and oxygen atoms in total. The second-order valence-electron chi connectivity index (χ2n) is 8.08. The van der Waals surface area contributed by atoms with E-state index in [2.05, 4.69) is 15.2 Å². The number of aromatic nitrogens is 4. The maximum absolute atomic E-state index is 14.7. The van der Waals surface area contributed by atoms with Crippen molar-refractivity contribution in [3.8, 4) is 17.2 Å². The van der Waals surface area contributed by atoms with Crippen molar-refractivity contribution in [1.82, 2.24) is 24.5 Å². The average molecular weight is 537 g/mol. The third-order valence-electron chi connectivity index (χ3n) is 5.66. The lowest BCUT2D eigenvalue weighted by atomic mass is 10.0. The summed E-state index contributed by atoms with van der Waals surface area (Å²) in [6.07, 6.45) is -2.17. The van der Waals surface area contributed by atoms with Gasteiger partial charge in [-0.25, -0.2) is 12.8 Å². The molecule has 1 atom stereocenters. The molecule has 194 valence electrons. The summed E-state index contributed by atoms with van der Waals surface area (Å²) in [5, 5.41) is 8.09. The zero-order valence-electron chi connectivity index (χ0n) is 19.4. The van der Waals surface area contributed by atoms with Crippen LogP contribution in [0.3, 0.4) is 0 Å². The molecule has 37 heavy (non-hydrogen) atoms. The number of fused-ring (bicyclic) bond motifs is 1. The molecular formula is C23H20F4N6O3S. The van der Waals surface area contributed by atoms with Gasteiger partial charge in [-0.05, 0) is 55.3 Å². The molecule has 0 aliphatic heterocycles. The lowest BCUT2D eigenvalue weighted by Gasteiger charge is -2.17. The Bertz CT molecular complexity index is 1590. The molecule has 0 saturated carbocycles. The first-order chi connectivity index (χ1) is 17.3. The average Bonchev–Trinajstić information content (AvgIpc) is 3.17. The molecule has 4 aromatic rings. The summed E-state index contributed by atoms with van der Waals surface area (Å²) in [4.78, 5) is 16.1. The molecule has 1 amide bonds. The number of alkyl halides is 3. The number of rotatable bonds is 7. The summed E-state index contributed by atoms with van der Waals surface area (Å²) in [5.41, 5.74) is 6.42. The Labute approximate surface area is 208 Å². The third kappa shape index (κ3) is 4.89. The topological polar surface area (TPSA) is 133 Å². The quantitative estimate of drug-likeness (QED) is 0.348. The number of hydrogen-bond donors (Lipinski definition) is 2. The molecule has 1 aromatic carbocycles. The number of nitrogens with two attached hydrogens (primary N) is 1. The van der Waals surface area contributed by atoms with Gasteiger partial charge in [-0.1, -0.05) is 6.92 Å². The first kappa shape index (κ1) is 26.2. The highest BCUT2D eigenvalue weighted by Gasteiger charge is 2.39. The fraction of sp³-hybridized carbons (Fsp3) is 0.217. The van der Waals surface area contributed by atoms with Crippen molar-refractivity contribution >= 4 is 26.8 Å². The summed E-state index contributed by atoms with van der Waals surface area (Å²) < 4.78 is 81.3. The van der Waals surface area contributed by atoms with Gasteiger partial charge in [0.15, 0.2) is 5.82 Å². The minimum Gasteiger partial charge on any atom is -0.366 e. The van der Waals surface area contributed by atoms with Crippen LogP contribution in [0.15, 0.2) is 53.7 Å². The van der Waals surface area contributed by atoms with Crippen LogP contribution in [0.1, 0.15) is 29.8 Å². The molecule has 0 saturated heterocycles. The Morgan fingerprint density at radius 1 is 1.22 bits per heavy atom. The van der Waals surface area contributed by atoms with Crippen molar-refractivity contribution in [3.63, 3.8) is 0 Å². The maximum Gasteiger partial charge on any atom is 0.404 e. The van der Waals surface area contributed by atoms with Crippen LogP contribution < -0.4 is 10.5 Å². The van der Waals surface area contributed by atoms with Crippen LogP contribution in [0.25, 0.3) is 28.1 Å². The van der Waals surface area contributed by atoms with E-state index in [1.54, 1.807) is 23.8 Å². The molecule has 0 unspecified atom stereocenters. The van der Waals surface area contributed by atoms with Crippen molar-refractivity contribution in [2.24, 2.45) is 5.73 Å². The van der Waals surface area contributed by atoms with Gasteiger partial charge in [0.1, 0.15) is 16.8 Å². The zero-order chi connectivity index (χ0) is 27.1. The van der Waals surface area contributed by atoms with Gasteiger partial charge in [0, 0.05) is 17.8 Å². The number of amides is 1. The standard InChI is InChI=1S/C23H20F4N6O3S/c1-3-13-9-18-15(10-16(13)24)20(22(28)34)21(33(18)19-5-4-8-30-31-19)17-7-6-14(11-29-17)37(35,36)32-12(2)23(25,26)27/h4-12,32H,3H2,1-2H3,(H2,28,34)/t12-/m0/s1. The number of halogens is 4. The number of nitrogens with zero attached hydrogens (tertiary/aromatic N) is 4. The van der Waals surface area contributed by atoms with Gasteiger partial charge in [-0.15, -0.1) is 5.10 Å². The van der Waals surface area contributed by atoms with E-state index >= 15 is 0 Å². The third-order valence-corrected chi connectivity index (χ3v) is 7.19. The summed E-state index contributed by atoms with van der Waals surface area (Å²) in [6.45, 7) is 2.42. The predicted molar refractivity (Wildman–Crippen MR) is 126 cm³/mol. The number of hydrogen-bond acceptors (Lipinski definition) is 6. The van der Waals surface area contributed by atoms with E-state index in [-0.39, 0.29) is 28.2 Å². The molecule has 3 N–H and O–H groups in total. The van der Waals surface area contributed by atoms with Crippen LogP contribution in [0.2, 0.25) is 0 Å². The molecule has 3 heterocycles. The van der Waals surface area contributed by atoms with Gasteiger partial charge < -0.3 is 5.73 Å². The normalized spacial score (nSPS) is 13.1. The number of primary amides is 1. The van der Waals surface area contributed by atoms with E-state index in [9.17, 15) is 30.8 Å². The monoisotopic (exact) mass is 536 g/mol.